The molecule has 10 nitrogen and oxygen atoms in total. The van der Waals surface area contributed by atoms with E-state index in [1.807, 2.05) is 6.92 Å². The number of primary amides is 1. The third kappa shape index (κ3) is 4.02. The summed E-state index contributed by atoms with van der Waals surface area (Å²) in [5.74, 6) is 0.865. The molecule has 0 aliphatic carbocycles. The van der Waals surface area contributed by atoms with Crippen molar-refractivity contribution in [3.05, 3.63) is 6.33 Å². The van der Waals surface area contributed by atoms with Gasteiger partial charge in [0.2, 0.25) is 23.0 Å². The molecule has 0 saturated carbocycles. The Labute approximate surface area is 125 Å². The monoisotopic (exact) mass is 309 g/mol. The zero-order valence-corrected chi connectivity index (χ0v) is 12.4. The van der Waals surface area contributed by atoms with Crippen LogP contribution < -0.4 is 16.4 Å². The van der Waals surface area contributed by atoms with E-state index in [2.05, 4.69) is 35.7 Å². The second-order valence-corrected chi connectivity index (χ2v) is 4.73. The summed E-state index contributed by atoms with van der Waals surface area (Å²) in [6, 6.07) is 0. The topological polar surface area (TPSA) is 137 Å². The maximum absolute atomic E-state index is 10.7. The van der Waals surface area contributed by atoms with E-state index in [0.29, 0.717) is 29.5 Å². The molecule has 2 rings (SSSR count). The van der Waals surface area contributed by atoms with E-state index in [0.717, 1.165) is 11.8 Å². The van der Waals surface area contributed by atoms with E-state index in [1.54, 1.807) is 7.05 Å². The van der Waals surface area contributed by atoms with Crippen molar-refractivity contribution in [1.29, 1.82) is 0 Å². The van der Waals surface area contributed by atoms with Crippen LogP contribution in [-0.2, 0) is 4.79 Å². The first-order valence-electron chi connectivity index (χ1n) is 6.13. The van der Waals surface area contributed by atoms with Gasteiger partial charge in [-0.05, 0) is 6.92 Å². The van der Waals surface area contributed by atoms with Crippen LogP contribution in [-0.4, -0.2) is 55.0 Å². The van der Waals surface area contributed by atoms with Crippen LogP contribution in [0.3, 0.4) is 0 Å². The molecule has 0 spiro atoms. The quantitative estimate of drug-likeness (QED) is 0.578. The van der Waals surface area contributed by atoms with E-state index >= 15 is 0 Å². The van der Waals surface area contributed by atoms with Crippen LogP contribution in [0.15, 0.2) is 11.5 Å². The van der Waals surface area contributed by atoms with Crippen LogP contribution in [0.1, 0.15) is 6.92 Å². The molecule has 2 aromatic rings. The van der Waals surface area contributed by atoms with Crippen molar-refractivity contribution in [3.8, 4) is 5.95 Å². The van der Waals surface area contributed by atoms with Gasteiger partial charge in [0.05, 0.1) is 5.75 Å². The molecule has 2 aromatic heterocycles. The third-order valence-corrected chi connectivity index (χ3v) is 3.08. The number of carbonyl (C=O) groups is 1. The number of anilines is 2. The minimum atomic E-state index is -0.427. The number of nitrogens with two attached hydrogens (primary N) is 1. The van der Waals surface area contributed by atoms with Crippen LogP contribution in [0.5, 0.6) is 0 Å². The first-order valence-corrected chi connectivity index (χ1v) is 7.11. The summed E-state index contributed by atoms with van der Waals surface area (Å²) in [5, 5.41) is 10.5. The van der Waals surface area contributed by atoms with Gasteiger partial charge in [-0.25, -0.2) is 4.98 Å². The molecule has 0 fully saturated rings. The minimum Gasteiger partial charge on any atom is -0.369 e. The summed E-state index contributed by atoms with van der Waals surface area (Å²) in [7, 11) is 1.71. The Balaban J connectivity index is 2.24. The number of amides is 1. The SMILES string of the molecule is CCNc1nc(NC)nc(-n2cnc(SCC(N)=O)n2)n1. The fourth-order valence-electron chi connectivity index (χ4n) is 1.36. The molecule has 0 aliphatic heterocycles. The van der Waals surface area contributed by atoms with Crippen molar-refractivity contribution < 1.29 is 4.79 Å². The van der Waals surface area contributed by atoms with Crippen LogP contribution >= 0.6 is 11.8 Å². The highest BCUT2D eigenvalue weighted by Gasteiger charge is 2.10. The van der Waals surface area contributed by atoms with Crippen molar-refractivity contribution in [2.24, 2.45) is 5.73 Å². The summed E-state index contributed by atoms with van der Waals surface area (Å²) >= 11 is 1.15. The molecule has 2 heterocycles. The number of thioether (sulfide) groups is 1. The average Bonchev–Trinajstić information content (AvgIpc) is 2.94. The molecule has 0 aliphatic rings. The lowest BCUT2D eigenvalue weighted by Gasteiger charge is -2.06. The normalized spacial score (nSPS) is 10.4. The summed E-state index contributed by atoms with van der Waals surface area (Å²) in [6.45, 7) is 2.63. The zero-order chi connectivity index (χ0) is 15.2. The predicted octanol–water partition coefficient (Wildman–Crippen LogP) is -0.497. The van der Waals surface area contributed by atoms with Gasteiger partial charge >= 0.3 is 0 Å². The van der Waals surface area contributed by atoms with Gasteiger partial charge in [0, 0.05) is 13.6 Å². The summed E-state index contributed by atoms with van der Waals surface area (Å²) < 4.78 is 1.41. The largest absolute Gasteiger partial charge is 0.369 e. The molecular formula is C10H15N9OS. The van der Waals surface area contributed by atoms with Crippen molar-refractivity contribution >= 4 is 29.6 Å². The van der Waals surface area contributed by atoms with Gasteiger partial charge in [-0.2, -0.15) is 19.6 Å². The van der Waals surface area contributed by atoms with Gasteiger partial charge in [0.25, 0.3) is 5.95 Å². The molecular weight excluding hydrogens is 294 g/mol. The van der Waals surface area contributed by atoms with Crippen molar-refractivity contribution in [2.75, 3.05) is 30.0 Å². The highest BCUT2D eigenvalue weighted by atomic mass is 32.2. The Bertz CT molecular complexity index is 629. The van der Waals surface area contributed by atoms with E-state index in [-0.39, 0.29) is 5.75 Å². The predicted molar refractivity (Wildman–Crippen MR) is 78.4 cm³/mol. The Morgan fingerprint density at radius 2 is 2.14 bits per heavy atom. The number of aromatic nitrogens is 6. The van der Waals surface area contributed by atoms with Crippen LogP contribution in [0.4, 0.5) is 11.9 Å². The number of hydrogen-bond acceptors (Lipinski definition) is 9. The lowest BCUT2D eigenvalue weighted by molar-refractivity contribution is -0.115. The van der Waals surface area contributed by atoms with Gasteiger partial charge in [-0.3, -0.25) is 4.79 Å². The Kier molecular flexibility index (Phi) is 4.87. The molecule has 0 saturated heterocycles. The number of nitrogens with zero attached hydrogens (tertiary/aromatic N) is 6. The van der Waals surface area contributed by atoms with Crippen LogP contribution in [0, 0.1) is 0 Å². The summed E-state index contributed by atoms with van der Waals surface area (Å²) in [4.78, 5) is 27.4. The lowest BCUT2D eigenvalue weighted by Crippen LogP contribution is -2.13. The molecule has 4 N–H and O–H groups in total. The third-order valence-electron chi connectivity index (χ3n) is 2.20. The van der Waals surface area contributed by atoms with Crippen molar-refractivity contribution in [1.82, 2.24) is 29.7 Å². The number of rotatable bonds is 7. The van der Waals surface area contributed by atoms with Crippen LogP contribution in [0.25, 0.3) is 5.95 Å². The number of nitrogens with one attached hydrogen (secondary N) is 2. The van der Waals surface area contributed by atoms with Crippen molar-refractivity contribution in [3.63, 3.8) is 0 Å². The van der Waals surface area contributed by atoms with Crippen LogP contribution in [0.2, 0.25) is 0 Å². The fraction of sp³-hybridized carbons (Fsp3) is 0.400. The molecule has 0 bridgehead atoms. The molecule has 0 atom stereocenters. The Morgan fingerprint density at radius 1 is 1.38 bits per heavy atom. The summed E-state index contributed by atoms with van der Waals surface area (Å²) in [5.41, 5.74) is 5.08. The molecule has 0 radical (unpaired) electrons. The van der Waals surface area contributed by atoms with Gasteiger partial charge in [0.15, 0.2) is 0 Å². The van der Waals surface area contributed by atoms with E-state index in [9.17, 15) is 4.79 Å². The van der Waals surface area contributed by atoms with E-state index in [4.69, 9.17) is 5.73 Å². The Hall–Kier alpha value is -2.43. The summed E-state index contributed by atoms with van der Waals surface area (Å²) in [6.07, 6.45) is 1.47. The molecule has 11 heteroatoms. The van der Waals surface area contributed by atoms with Crippen molar-refractivity contribution in [2.45, 2.75) is 12.1 Å². The molecule has 1 amide bonds. The zero-order valence-electron chi connectivity index (χ0n) is 11.6. The molecule has 21 heavy (non-hydrogen) atoms. The number of carbonyl (C=O) groups excluding carboxylic acids is 1. The molecule has 0 unspecified atom stereocenters. The second-order valence-electron chi connectivity index (χ2n) is 3.79. The highest BCUT2D eigenvalue weighted by Crippen LogP contribution is 2.13. The standard InChI is InChI=1S/C10H15N9OS/c1-3-13-8-15-7(12-2)16-9(17-8)19-5-14-10(18-19)21-4-6(11)20/h5H,3-4H2,1-2H3,(H2,11,20)(H2,12,13,15,16,17). The second kappa shape index (κ2) is 6.83. The highest BCUT2D eigenvalue weighted by molar-refractivity contribution is 7.99. The van der Waals surface area contributed by atoms with Gasteiger partial charge in [-0.15, -0.1) is 5.10 Å². The molecule has 0 aromatic carbocycles. The van der Waals surface area contributed by atoms with Gasteiger partial charge < -0.3 is 16.4 Å². The smallest absolute Gasteiger partial charge is 0.258 e. The molecule has 112 valence electrons. The maximum atomic E-state index is 10.7. The lowest BCUT2D eigenvalue weighted by atomic mass is 10.7. The number of hydrogen-bond donors (Lipinski definition) is 3. The van der Waals surface area contributed by atoms with E-state index < -0.39 is 5.91 Å². The Morgan fingerprint density at radius 3 is 2.81 bits per heavy atom. The van der Waals surface area contributed by atoms with E-state index in [1.165, 1.54) is 11.0 Å². The minimum absolute atomic E-state index is 0.117. The average molecular weight is 309 g/mol. The van der Waals surface area contributed by atoms with Gasteiger partial charge in [-0.1, -0.05) is 11.8 Å². The fourth-order valence-corrected chi connectivity index (χ4v) is 1.90. The maximum Gasteiger partial charge on any atom is 0.258 e. The first kappa shape index (κ1) is 15.0. The van der Waals surface area contributed by atoms with Gasteiger partial charge in [0.1, 0.15) is 6.33 Å². The first-order chi connectivity index (χ1) is 10.1.